The molecule has 2 N–H and O–H groups in total. The van der Waals surface area contributed by atoms with Crippen molar-refractivity contribution in [1.29, 1.82) is 0 Å². The van der Waals surface area contributed by atoms with Crippen LogP contribution in [-0.2, 0) is 4.74 Å². The maximum atomic E-state index is 12.5. The predicted molar refractivity (Wildman–Crippen MR) is 116 cm³/mol. The molecule has 1 unspecified atom stereocenters. The number of fused-ring (bicyclic) bond motifs is 1. The molecule has 0 saturated heterocycles. The molecule has 1 saturated carbocycles. The minimum absolute atomic E-state index is 0.140. The summed E-state index contributed by atoms with van der Waals surface area (Å²) in [5.74, 6) is -0.452. The molecule has 0 spiro atoms. The van der Waals surface area contributed by atoms with Crippen molar-refractivity contribution in [3.8, 4) is 11.3 Å². The highest BCUT2D eigenvalue weighted by Crippen LogP contribution is 2.41. The molecule has 1 fully saturated rings. The molecule has 1 amide bonds. The van der Waals surface area contributed by atoms with Gasteiger partial charge in [-0.2, -0.15) is 0 Å². The van der Waals surface area contributed by atoms with Crippen LogP contribution in [0.2, 0.25) is 0 Å². The third-order valence-electron chi connectivity index (χ3n) is 5.27. The Morgan fingerprint density at radius 3 is 2.65 bits per heavy atom. The van der Waals surface area contributed by atoms with Gasteiger partial charge in [0, 0.05) is 10.9 Å². The highest BCUT2D eigenvalue weighted by atomic mass is 16.6. The Labute approximate surface area is 180 Å². The lowest BCUT2D eigenvalue weighted by Gasteiger charge is -2.25. The highest BCUT2D eigenvalue weighted by Gasteiger charge is 2.30. The van der Waals surface area contributed by atoms with E-state index in [0.717, 1.165) is 35.8 Å². The van der Waals surface area contributed by atoms with Crippen molar-refractivity contribution >= 4 is 23.0 Å². The molecule has 7 heteroatoms. The summed E-state index contributed by atoms with van der Waals surface area (Å²) in [4.78, 5) is 23.8. The number of benzene rings is 2. The van der Waals surface area contributed by atoms with E-state index in [1.54, 1.807) is 6.07 Å². The first kappa shape index (κ1) is 20.9. The van der Waals surface area contributed by atoms with Crippen molar-refractivity contribution in [2.45, 2.75) is 51.7 Å². The zero-order chi connectivity index (χ0) is 22.2. The summed E-state index contributed by atoms with van der Waals surface area (Å²) in [6.45, 7) is 5.51. The Morgan fingerprint density at radius 1 is 1.23 bits per heavy atom. The van der Waals surface area contributed by atoms with Gasteiger partial charge in [0.2, 0.25) is 0 Å². The molecule has 0 radical (unpaired) electrons. The van der Waals surface area contributed by atoms with E-state index in [0.29, 0.717) is 17.2 Å². The molecule has 1 aliphatic carbocycles. The van der Waals surface area contributed by atoms with Crippen LogP contribution >= 0.6 is 0 Å². The van der Waals surface area contributed by atoms with E-state index in [9.17, 15) is 14.7 Å². The minimum atomic E-state index is -1.02. The van der Waals surface area contributed by atoms with Gasteiger partial charge >= 0.3 is 12.1 Å². The fourth-order valence-corrected chi connectivity index (χ4v) is 3.68. The van der Waals surface area contributed by atoms with Crippen molar-refractivity contribution in [2.75, 3.05) is 0 Å². The fourth-order valence-electron chi connectivity index (χ4n) is 3.68. The second-order valence-electron chi connectivity index (χ2n) is 9.01. The number of carboxylic acids is 1. The summed E-state index contributed by atoms with van der Waals surface area (Å²) < 4.78 is 10.9. The summed E-state index contributed by atoms with van der Waals surface area (Å²) in [7, 11) is 0. The van der Waals surface area contributed by atoms with Crippen LogP contribution in [0, 0.1) is 5.92 Å². The molecule has 1 aliphatic rings. The largest absolute Gasteiger partial charge is 0.478 e. The number of carboxylic acid groups (broad SMARTS) is 1. The van der Waals surface area contributed by atoms with Gasteiger partial charge in [0.25, 0.3) is 0 Å². The predicted octanol–water partition coefficient (Wildman–Crippen LogP) is 5.56. The van der Waals surface area contributed by atoms with Crippen LogP contribution in [-0.4, -0.2) is 27.9 Å². The molecule has 2 aromatic carbocycles. The Bertz CT molecular complexity index is 1120. The Balaban J connectivity index is 1.71. The number of nitrogens with one attached hydrogen (secondary N) is 1. The van der Waals surface area contributed by atoms with Crippen LogP contribution in [0.15, 0.2) is 47.0 Å². The third kappa shape index (κ3) is 4.87. The number of carbonyl (C=O) groups is 2. The number of hydrogen-bond acceptors (Lipinski definition) is 5. The summed E-state index contributed by atoms with van der Waals surface area (Å²) in [5, 5.41) is 17.2. The topological polar surface area (TPSA) is 102 Å². The van der Waals surface area contributed by atoms with Gasteiger partial charge in [-0.3, -0.25) is 0 Å². The van der Waals surface area contributed by atoms with Gasteiger partial charge in [0.1, 0.15) is 11.3 Å². The van der Waals surface area contributed by atoms with Gasteiger partial charge < -0.3 is 19.7 Å². The van der Waals surface area contributed by atoms with E-state index in [1.807, 2.05) is 45.0 Å². The van der Waals surface area contributed by atoms with E-state index in [-0.39, 0.29) is 11.6 Å². The van der Waals surface area contributed by atoms with Crippen molar-refractivity contribution in [3.05, 3.63) is 53.6 Å². The third-order valence-corrected chi connectivity index (χ3v) is 5.27. The second-order valence-corrected chi connectivity index (χ2v) is 9.01. The number of rotatable bonds is 6. The SMILES string of the molecule is CC(C)(C)OC(=O)NC(CC1CC1)c1ccccc1-c1noc2cc(C(=O)O)ccc12. The van der Waals surface area contributed by atoms with Gasteiger partial charge in [-0.25, -0.2) is 9.59 Å². The molecule has 3 aromatic rings. The monoisotopic (exact) mass is 422 g/mol. The number of hydrogen-bond donors (Lipinski definition) is 2. The first-order valence-corrected chi connectivity index (χ1v) is 10.4. The first-order valence-electron chi connectivity index (χ1n) is 10.4. The van der Waals surface area contributed by atoms with Crippen LogP contribution in [0.25, 0.3) is 22.2 Å². The highest BCUT2D eigenvalue weighted by molar-refractivity contribution is 5.97. The molecule has 1 atom stereocenters. The van der Waals surface area contributed by atoms with Gasteiger partial charge in [-0.1, -0.05) is 42.3 Å². The lowest BCUT2D eigenvalue weighted by molar-refractivity contribution is 0.0499. The van der Waals surface area contributed by atoms with E-state index in [1.165, 1.54) is 12.1 Å². The van der Waals surface area contributed by atoms with Crippen LogP contribution in [0.3, 0.4) is 0 Å². The second kappa shape index (κ2) is 8.06. The number of nitrogens with zero attached hydrogens (tertiary/aromatic N) is 1. The fraction of sp³-hybridized carbons (Fsp3) is 0.375. The van der Waals surface area contributed by atoms with Crippen molar-refractivity contribution in [1.82, 2.24) is 10.5 Å². The molecule has 31 heavy (non-hydrogen) atoms. The number of ether oxygens (including phenoxy) is 1. The Hall–Kier alpha value is -3.35. The zero-order valence-electron chi connectivity index (χ0n) is 17.8. The Morgan fingerprint density at radius 2 is 1.97 bits per heavy atom. The molecule has 7 nitrogen and oxygen atoms in total. The number of aromatic carboxylic acids is 1. The smallest absolute Gasteiger partial charge is 0.408 e. The van der Waals surface area contributed by atoms with Crippen LogP contribution in [0.1, 0.15) is 62.0 Å². The molecule has 1 aromatic heterocycles. The van der Waals surface area contributed by atoms with E-state index >= 15 is 0 Å². The maximum absolute atomic E-state index is 12.5. The maximum Gasteiger partial charge on any atom is 0.408 e. The van der Waals surface area contributed by atoms with Gasteiger partial charge in [-0.15, -0.1) is 0 Å². The molecule has 0 bridgehead atoms. The van der Waals surface area contributed by atoms with Crippen LogP contribution in [0.5, 0.6) is 0 Å². The number of amides is 1. The lowest BCUT2D eigenvalue weighted by Crippen LogP contribution is -2.35. The van der Waals surface area contributed by atoms with Crippen LogP contribution < -0.4 is 5.32 Å². The summed E-state index contributed by atoms with van der Waals surface area (Å²) in [6.07, 6.45) is 2.66. The quantitative estimate of drug-likeness (QED) is 0.539. The Kier molecular flexibility index (Phi) is 5.43. The van der Waals surface area contributed by atoms with Gasteiger partial charge in [-0.05, 0) is 56.9 Å². The molecule has 4 rings (SSSR count). The lowest BCUT2D eigenvalue weighted by atomic mass is 9.93. The van der Waals surface area contributed by atoms with E-state index in [2.05, 4.69) is 10.5 Å². The minimum Gasteiger partial charge on any atom is -0.478 e. The average molecular weight is 422 g/mol. The van der Waals surface area contributed by atoms with Crippen LogP contribution in [0.4, 0.5) is 4.79 Å². The van der Waals surface area contributed by atoms with Gasteiger partial charge in [0.05, 0.1) is 11.6 Å². The standard InChI is InChI=1S/C24H26N2O5/c1-24(2,3)30-23(29)25-19(12-14-8-9-14)16-6-4-5-7-17(16)21-18-11-10-15(22(27)28)13-20(18)31-26-21/h4-7,10-11,13-14,19H,8-9,12H2,1-3H3,(H,25,29)(H,27,28). The number of alkyl carbamates (subject to hydrolysis) is 1. The van der Waals surface area contributed by atoms with Gasteiger partial charge in [0.15, 0.2) is 5.58 Å². The number of aromatic nitrogens is 1. The molecular formula is C24H26N2O5. The van der Waals surface area contributed by atoms with Crippen molar-refractivity contribution in [3.63, 3.8) is 0 Å². The van der Waals surface area contributed by atoms with Crippen molar-refractivity contribution in [2.24, 2.45) is 5.92 Å². The average Bonchev–Trinajstić information content (AvgIpc) is 3.41. The summed E-state index contributed by atoms with van der Waals surface area (Å²) in [6, 6.07) is 12.2. The first-order chi connectivity index (χ1) is 14.7. The summed E-state index contributed by atoms with van der Waals surface area (Å²) in [5.41, 5.74) is 2.35. The molecule has 162 valence electrons. The van der Waals surface area contributed by atoms with E-state index < -0.39 is 17.7 Å². The van der Waals surface area contributed by atoms with Crippen molar-refractivity contribution < 1.29 is 24.0 Å². The zero-order valence-corrected chi connectivity index (χ0v) is 17.8. The normalized spacial score (nSPS) is 14.9. The molecule has 0 aliphatic heterocycles. The molecular weight excluding hydrogens is 396 g/mol. The number of carbonyl (C=O) groups excluding carboxylic acids is 1. The molecule has 1 heterocycles. The van der Waals surface area contributed by atoms with E-state index in [4.69, 9.17) is 9.26 Å². The summed E-state index contributed by atoms with van der Waals surface area (Å²) >= 11 is 0.